The fourth-order valence-electron chi connectivity index (χ4n) is 3.01. The molecule has 3 heteroatoms. The van der Waals surface area contributed by atoms with Gasteiger partial charge < -0.3 is 4.74 Å². The molecular formula is C12H16O3. The highest BCUT2D eigenvalue weighted by Crippen LogP contribution is 2.55. The van der Waals surface area contributed by atoms with Gasteiger partial charge in [0.2, 0.25) is 0 Å². The molecule has 2 rings (SSSR count). The molecule has 0 spiro atoms. The number of hydrogen-bond acceptors (Lipinski definition) is 3. The molecule has 0 N–H and O–H groups in total. The molecule has 0 aromatic heterocycles. The van der Waals surface area contributed by atoms with Gasteiger partial charge in [-0.1, -0.05) is 12.2 Å². The second-order valence-corrected chi connectivity index (χ2v) is 4.33. The van der Waals surface area contributed by atoms with E-state index in [2.05, 4.69) is 6.58 Å². The van der Waals surface area contributed by atoms with E-state index in [-0.39, 0.29) is 17.7 Å². The lowest BCUT2D eigenvalue weighted by Crippen LogP contribution is -2.40. The highest BCUT2D eigenvalue weighted by atomic mass is 16.5. The quantitative estimate of drug-likeness (QED) is 0.395. The number of ketones is 1. The predicted octanol–water partition coefficient (Wildman–Crippen LogP) is 1.86. The van der Waals surface area contributed by atoms with Gasteiger partial charge >= 0.3 is 5.97 Å². The maximum absolute atomic E-state index is 12.0. The van der Waals surface area contributed by atoms with E-state index in [0.717, 1.165) is 24.8 Å². The lowest BCUT2D eigenvalue weighted by atomic mass is 9.77. The molecule has 0 radical (unpaired) electrons. The Morgan fingerprint density at radius 2 is 2.20 bits per heavy atom. The minimum Gasteiger partial charge on any atom is -0.465 e. The van der Waals surface area contributed by atoms with Crippen LogP contribution in [0.25, 0.3) is 0 Å². The summed E-state index contributed by atoms with van der Waals surface area (Å²) < 4.78 is 5.05. The Kier molecular flexibility index (Phi) is 2.41. The molecule has 0 bridgehead atoms. The van der Waals surface area contributed by atoms with E-state index >= 15 is 0 Å². The Bertz CT molecular complexity index is 310. The summed E-state index contributed by atoms with van der Waals surface area (Å²) in [5.74, 6) is -0.190. The third-order valence-corrected chi connectivity index (χ3v) is 3.72. The van der Waals surface area contributed by atoms with Gasteiger partial charge in [-0.3, -0.25) is 9.59 Å². The summed E-state index contributed by atoms with van der Waals surface area (Å²) in [7, 11) is 0. The number of carbonyl (C=O) groups excluding carboxylic acids is 2. The number of hydrogen-bond donors (Lipinski definition) is 0. The molecule has 82 valence electrons. The van der Waals surface area contributed by atoms with Gasteiger partial charge in [-0.15, -0.1) is 0 Å². The number of carbonyl (C=O) groups is 2. The zero-order valence-electron chi connectivity index (χ0n) is 9.04. The monoisotopic (exact) mass is 208 g/mol. The van der Waals surface area contributed by atoms with E-state index in [1.54, 1.807) is 6.92 Å². The van der Waals surface area contributed by atoms with Gasteiger partial charge in [0, 0.05) is 6.42 Å². The molecule has 0 amide bonds. The normalized spacial score (nSPS) is 34.3. The van der Waals surface area contributed by atoms with Crippen LogP contribution in [-0.4, -0.2) is 18.4 Å². The Labute approximate surface area is 89.5 Å². The Morgan fingerprint density at radius 3 is 2.87 bits per heavy atom. The first-order chi connectivity index (χ1) is 7.14. The van der Waals surface area contributed by atoms with E-state index in [1.165, 1.54) is 0 Å². The average Bonchev–Trinajstić information content (AvgIpc) is 2.69. The molecule has 0 saturated heterocycles. The largest absolute Gasteiger partial charge is 0.465 e. The van der Waals surface area contributed by atoms with Gasteiger partial charge in [0.25, 0.3) is 0 Å². The number of esters is 1. The topological polar surface area (TPSA) is 43.4 Å². The number of ether oxygens (including phenoxy) is 1. The zero-order valence-corrected chi connectivity index (χ0v) is 9.04. The van der Waals surface area contributed by atoms with Crippen LogP contribution in [0.4, 0.5) is 0 Å². The first-order valence-corrected chi connectivity index (χ1v) is 5.52. The molecule has 0 aromatic rings. The molecule has 2 fully saturated rings. The third-order valence-electron chi connectivity index (χ3n) is 3.72. The second-order valence-electron chi connectivity index (χ2n) is 4.33. The first-order valence-electron chi connectivity index (χ1n) is 5.52. The maximum Gasteiger partial charge on any atom is 0.324 e. The minimum absolute atomic E-state index is 0.0217. The lowest BCUT2D eigenvalue weighted by Gasteiger charge is -2.26. The summed E-state index contributed by atoms with van der Waals surface area (Å²) in [6.45, 7) is 5.99. The van der Waals surface area contributed by atoms with E-state index in [1.807, 2.05) is 0 Å². The van der Waals surface area contributed by atoms with Crippen LogP contribution in [0, 0.1) is 11.3 Å². The maximum atomic E-state index is 12.0. The summed E-state index contributed by atoms with van der Waals surface area (Å²) in [4.78, 5) is 23.9. The van der Waals surface area contributed by atoms with E-state index in [4.69, 9.17) is 4.74 Å². The fourth-order valence-corrected chi connectivity index (χ4v) is 3.01. The summed E-state index contributed by atoms with van der Waals surface area (Å²) >= 11 is 0. The van der Waals surface area contributed by atoms with Crippen molar-refractivity contribution >= 4 is 11.8 Å². The number of Topliss-reactive ketones (excluding diaryl/α,β-unsaturated/α-hetero) is 1. The highest BCUT2D eigenvalue weighted by Gasteiger charge is 2.60. The van der Waals surface area contributed by atoms with Gasteiger partial charge in [-0.2, -0.15) is 0 Å². The van der Waals surface area contributed by atoms with Crippen molar-refractivity contribution < 1.29 is 14.3 Å². The van der Waals surface area contributed by atoms with Crippen molar-refractivity contribution in [3.05, 3.63) is 12.2 Å². The van der Waals surface area contributed by atoms with Crippen molar-refractivity contribution in [2.24, 2.45) is 11.3 Å². The molecule has 3 nitrogen and oxygen atoms in total. The average molecular weight is 208 g/mol. The van der Waals surface area contributed by atoms with Gasteiger partial charge in [0.1, 0.15) is 5.41 Å². The summed E-state index contributed by atoms with van der Waals surface area (Å²) in [5.41, 5.74) is -0.191. The Morgan fingerprint density at radius 1 is 1.53 bits per heavy atom. The van der Waals surface area contributed by atoms with E-state index < -0.39 is 5.41 Å². The van der Waals surface area contributed by atoms with E-state index in [0.29, 0.717) is 13.0 Å². The van der Waals surface area contributed by atoms with Gasteiger partial charge in [-0.25, -0.2) is 0 Å². The lowest BCUT2D eigenvalue weighted by molar-refractivity contribution is -0.157. The number of rotatable bonds is 2. The van der Waals surface area contributed by atoms with Crippen LogP contribution < -0.4 is 0 Å². The molecule has 0 unspecified atom stereocenters. The van der Waals surface area contributed by atoms with Crippen LogP contribution in [0.2, 0.25) is 0 Å². The summed E-state index contributed by atoms with van der Waals surface area (Å²) in [6, 6.07) is 0. The van der Waals surface area contributed by atoms with Gasteiger partial charge in [0.15, 0.2) is 5.78 Å². The SMILES string of the molecule is C=C1CC[C@@H]2CCC(=O)[C@]12C(=O)OCC. The molecule has 2 aliphatic carbocycles. The van der Waals surface area contributed by atoms with Gasteiger partial charge in [0.05, 0.1) is 6.61 Å². The minimum atomic E-state index is -0.962. The van der Waals surface area contributed by atoms with Crippen molar-refractivity contribution in [3.63, 3.8) is 0 Å². The van der Waals surface area contributed by atoms with Crippen LogP contribution in [0.1, 0.15) is 32.6 Å². The van der Waals surface area contributed by atoms with Crippen LogP contribution in [0.5, 0.6) is 0 Å². The fraction of sp³-hybridized carbons (Fsp3) is 0.667. The molecule has 2 saturated carbocycles. The summed E-state index contributed by atoms with van der Waals surface area (Å²) in [6.07, 6.45) is 3.01. The smallest absolute Gasteiger partial charge is 0.324 e. The number of fused-ring (bicyclic) bond motifs is 1. The van der Waals surface area contributed by atoms with Crippen molar-refractivity contribution in [1.29, 1.82) is 0 Å². The third kappa shape index (κ3) is 1.18. The Balaban J connectivity index is 2.39. The Hall–Kier alpha value is -1.12. The van der Waals surface area contributed by atoms with Crippen molar-refractivity contribution in [2.75, 3.05) is 6.61 Å². The van der Waals surface area contributed by atoms with Crippen molar-refractivity contribution in [1.82, 2.24) is 0 Å². The van der Waals surface area contributed by atoms with E-state index in [9.17, 15) is 9.59 Å². The van der Waals surface area contributed by atoms with Gasteiger partial charge in [-0.05, 0) is 32.1 Å². The van der Waals surface area contributed by atoms with Crippen LogP contribution in [-0.2, 0) is 14.3 Å². The summed E-state index contributed by atoms with van der Waals surface area (Å²) in [5, 5.41) is 0. The molecule has 0 heterocycles. The van der Waals surface area contributed by atoms with Crippen LogP contribution >= 0.6 is 0 Å². The first kappa shape index (κ1) is 10.4. The molecule has 15 heavy (non-hydrogen) atoms. The molecule has 2 atom stereocenters. The second kappa shape index (κ2) is 3.47. The predicted molar refractivity (Wildman–Crippen MR) is 55.2 cm³/mol. The standard InChI is InChI=1S/C12H16O3/c1-3-15-11(14)12-8(2)4-5-9(12)6-7-10(12)13/h9H,2-7H2,1H3/t9-,12+/m1/s1. The van der Waals surface area contributed by atoms with Crippen molar-refractivity contribution in [2.45, 2.75) is 32.6 Å². The highest BCUT2D eigenvalue weighted by molar-refractivity contribution is 6.09. The molecule has 0 aromatic carbocycles. The van der Waals surface area contributed by atoms with Crippen LogP contribution in [0.3, 0.4) is 0 Å². The molecule has 2 aliphatic rings. The van der Waals surface area contributed by atoms with Crippen LogP contribution in [0.15, 0.2) is 12.2 Å². The van der Waals surface area contributed by atoms with Crippen molar-refractivity contribution in [3.8, 4) is 0 Å². The molecule has 0 aliphatic heterocycles. The zero-order chi connectivity index (χ0) is 11.1. The molecular weight excluding hydrogens is 192 g/mol.